The quantitative estimate of drug-likeness (QED) is 0.556. The number of aryl methyl sites for hydroxylation is 4. The molecular weight excluding hydrogens is 323 g/mol. The summed E-state index contributed by atoms with van der Waals surface area (Å²) in [4.78, 5) is 0. The molecule has 0 spiro atoms. The van der Waals surface area contributed by atoms with Crippen molar-refractivity contribution in [2.75, 3.05) is 0 Å². The molecule has 3 aromatic carbocycles. The van der Waals surface area contributed by atoms with E-state index in [4.69, 9.17) is 14.0 Å². The van der Waals surface area contributed by atoms with Crippen LogP contribution in [0.1, 0.15) is 22.3 Å². The SMILES string of the molecule is Cc1ccc(OB(Oc2ccc(C)cc2)Oc2ccc(C)cc2C)cc1. The molecule has 3 nitrogen and oxygen atoms in total. The highest BCUT2D eigenvalue weighted by Gasteiger charge is 2.30. The molecule has 0 aliphatic rings. The molecule has 0 saturated heterocycles. The molecule has 0 aromatic heterocycles. The van der Waals surface area contributed by atoms with Gasteiger partial charge in [-0.25, -0.2) is 0 Å². The van der Waals surface area contributed by atoms with E-state index in [0.717, 1.165) is 11.3 Å². The lowest BCUT2D eigenvalue weighted by Gasteiger charge is -2.18. The Kier molecular flexibility index (Phi) is 5.52. The van der Waals surface area contributed by atoms with E-state index in [1.165, 1.54) is 16.7 Å². The van der Waals surface area contributed by atoms with Gasteiger partial charge in [0, 0.05) is 0 Å². The molecule has 0 atom stereocenters. The van der Waals surface area contributed by atoms with Crippen molar-refractivity contribution in [3.63, 3.8) is 0 Å². The van der Waals surface area contributed by atoms with Crippen LogP contribution in [-0.4, -0.2) is 7.32 Å². The summed E-state index contributed by atoms with van der Waals surface area (Å²) in [6.07, 6.45) is 0. The predicted octanol–water partition coefficient (Wildman–Crippen LogP) is 5.44. The summed E-state index contributed by atoms with van der Waals surface area (Å²) < 4.78 is 17.9. The molecule has 26 heavy (non-hydrogen) atoms. The van der Waals surface area contributed by atoms with Crippen LogP contribution in [0.4, 0.5) is 0 Å². The summed E-state index contributed by atoms with van der Waals surface area (Å²) in [7, 11) is -0.887. The molecule has 0 unspecified atom stereocenters. The highest BCUT2D eigenvalue weighted by atomic mass is 16.7. The molecule has 0 heterocycles. The first-order chi connectivity index (χ1) is 12.5. The van der Waals surface area contributed by atoms with Gasteiger partial charge in [0.15, 0.2) is 0 Å². The van der Waals surface area contributed by atoms with Crippen molar-refractivity contribution < 1.29 is 14.0 Å². The molecule has 0 aliphatic carbocycles. The van der Waals surface area contributed by atoms with Crippen LogP contribution >= 0.6 is 0 Å². The molecule has 4 heteroatoms. The van der Waals surface area contributed by atoms with Gasteiger partial charge in [-0.2, -0.15) is 0 Å². The summed E-state index contributed by atoms with van der Waals surface area (Å²) in [6, 6.07) is 21.6. The van der Waals surface area contributed by atoms with Gasteiger partial charge in [-0.15, -0.1) is 0 Å². The second kappa shape index (κ2) is 8.00. The van der Waals surface area contributed by atoms with E-state index < -0.39 is 7.32 Å². The van der Waals surface area contributed by atoms with E-state index in [1.807, 2.05) is 81.4 Å². The average molecular weight is 346 g/mol. The normalized spacial score (nSPS) is 10.3. The maximum atomic E-state index is 6.02. The third kappa shape index (κ3) is 4.82. The van der Waals surface area contributed by atoms with Crippen LogP contribution in [0.15, 0.2) is 66.7 Å². The van der Waals surface area contributed by atoms with Gasteiger partial charge in [0.1, 0.15) is 17.2 Å². The summed E-state index contributed by atoms with van der Waals surface area (Å²) >= 11 is 0. The molecule has 0 bridgehead atoms. The van der Waals surface area contributed by atoms with E-state index in [0.29, 0.717) is 11.5 Å². The molecule has 0 saturated carbocycles. The van der Waals surface area contributed by atoms with Crippen LogP contribution in [0.2, 0.25) is 0 Å². The zero-order valence-corrected chi connectivity index (χ0v) is 15.7. The Bertz CT molecular complexity index is 810. The van der Waals surface area contributed by atoms with Crippen molar-refractivity contribution in [3.8, 4) is 17.2 Å². The maximum absolute atomic E-state index is 6.02. The van der Waals surface area contributed by atoms with E-state index in [1.54, 1.807) is 0 Å². The fourth-order valence-corrected chi connectivity index (χ4v) is 2.56. The van der Waals surface area contributed by atoms with Gasteiger partial charge >= 0.3 is 7.32 Å². The summed E-state index contributed by atoms with van der Waals surface area (Å²) in [5, 5.41) is 0. The third-order valence-corrected chi connectivity index (χ3v) is 4.06. The first-order valence-electron chi connectivity index (χ1n) is 8.70. The highest BCUT2D eigenvalue weighted by Crippen LogP contribution is 2.22. The predicted molar refractivity (Wildman–Crippen MR) is 106 cm³/mol. The zero-order valence-electron chi connectivity index (χ0n) is 15.7. The van der Waals surface area contributed by atoms with E-state index in [2.05, 4.69) is 13.0 Å². The number of benzene rings is 3. The van der Waals surface area contributed by atoms with E-state index in [9.17, 15) is 0 Å². The first kappa shape index (κ1) is 17.9. The minimum atomic E-state index is -0.887. The first-order valence-corrected chi connectivity index (χ1v) is 8.70. The smallest absolute Gasteiger partial charge is 0.490 e. The van der Waals surface area contributed by atoms with Gasteiger partial charge in [-0.05, 0) is 63.6 Å². The maximum Gasteiger partial charge on any atom is 0.864 e. The molecule has 0 N–H and O–H groups in total. The Labute approximate surface area is 155 Å². The van der Waals surface area contributed by atoms with E-state index in [-0.39, 0.29) is 0 Å². The molecule has 0 amide bonds. The zero-order chi connectivity index (χ0) is 18.5. The van der Waals surface area contributed by atoms with Crippen LogP contribution in [0.5, 0.6) is 17.2 Å². The van der Waals surface area contributed by atoms with Crippen molar-refractivity contribution in [2.45, 2.75) is 27.7 Å². The lowest BCUT2D eigenvalue weighted by atomic mass is 10.1. The van der Waals surface area contributed by atoms with Crippen molar-refractivity contribution in [2.24, 2.45) is 0 Å². The van der Waals surface area contributed by atoms with Gasteiger partial charge in [-0.1, -0.05) is 53.1 Å². The Morgan fingerprint density at radius 3 is 1.46 bits per heavy atom. The monoisotopic (exact) mass is 346 g/mol. The minimum absolute atomic E-state index is 0.692. The molecular formula is C22H23BO3. The van der Waals surface area contributed by atoms with Crippen LogP contribution < -0.4 is 14.0 Å². The topological polar surface area (TPSA) is 27.7 Å². The largest absolute Gasteiger partial charge is 0.864 e. The van der Waals surface area contributed by atoms with Gasteiger partial charge in [0.25, 0.3) is 0 Å². The van der Waals surface area contributed by atoms with Crippen molar-refractivity contribution in [1.82, 2.24) is 0 Å². The third-order valence-electron chi connectivity index (χ3n) is 4.06. The van der Waals surface area contributed by atoms with Crippen molar-refractivity contribution in [1.29, 1.82) is 0 Å². The molecule has 0 aliphatic heterocycles. The fraction of sp³-hybridized carbons (Fsp3) is 0.182. The van der Waals surface area contributed by atoms with Gasteiger partial charge in [0.05, 0.1) is 0 Å². The van der Waals surface area contributed by atoms with Gasteiger partial charge < -0.3 is 14.0 Å². The van der Waals surface area contributed by atoms with Crippen LogP contribution in [0.25, 0.3) is 0 Å². The molecule has 0 radical (unpaired) electrons. The average Bonchev–Trinajstić information content (AvgIpc) is 2.61. The van der Waals surface area contributed by atoms with Gasteiger partial charge in [0.2, 0.25) is 0 Å². The fourth-order valence-electron chi connectivity index (χ4n) is 2.56. The minimum Gasteiger partial charge on any atom is -0.490 e. The van der Waals surface area contributed by atoms with Crippen LogP contribution in [-0.2, 0) is 0 Å². The lowest BCUT2D eigenvalue weighted by molar-refractivity contribution is 0.306. The summed E-state index contributed by atoms with van der Waals surface area (Å²) in [6.45, 7) is 8.14. The Morgan fingerprint density at radius 2 is 1.00 bits per heavy atom. The molecule has 3 aromatic rings. The lowest BCUT2D eigenvalue weighted by Crippen LogP contribution is -2.37. The molecule has 132 valence electrons. The van der Waals surface area contributed by atoms with Gasteiger partial charge in [-0.3, -0.25) is 0 Å². The van der Waals surface area contributed by atoms with Crippen molar-refractivity contribution in [3.05, 3.63) is 89.0 Å². The number of hydrogen-bond acceptors (Lipinski definition) is 3. The molecule has 3 rings (SSSR count). The van der Waals surface area contributed by atoms with E-state index >= 15 is 0 Å². The Balaban J connectivity index is 1.82. The van der Waals surface area contributed by atoms with Crippen LogP contribution in [0.3, 0.4) is 0 Å². The summed E-state index contributed by atoms with van der Waals surface area (Å²) in [5.41, 5.74) is 4.56. The second-order valence-electron chi connectivity index (χ2n) is 6.54. The van der Waals surface area contributed by atoms with Crippen LogP contribution in [0, 0.1) is 27.7 Å². The molecule has 0 fully saturated rings. The Hall–Kier alpha value is -2.88. The second-order valence-corrected chi connectivity index (χ2v) is 6.54. The standard InChI is InChI=1S/C22H23BO3/c1-16-5-10-20(11-6-16)24-23(25-21-12-7-17(2)8-13-21)26-22-14-9-18(3)15-19(22)4/h5-15H,1-4H3. The number of hydrogen-bond donors (Lipinski definition) is 0. The number of rotatable bonds is 6. The Morgan fingerprint density at radius 1 is 0.538 bits per heavy atom. The van der Waals surface area contributed by atoms with Crippen molar-refractivity contribution >= 4 is 7.32 Å². The summed E-state index contributed by atoms with van der Waals surface area (Å²) in [5.74, 6) is 2.12. The highest BCUT2D eigenvalue weighted by molar-refractivity contribution is 6.39.